The normalized spacial score (nSPS) is 13.5. The summed E-state index contributed by atoms with van der Waals surface area (Å²) in [5.74, 6) is -0.512. The zero-order valence-electron chi connectivity index (χ0n) is 16.5. The molecular formula is C15H24NO10PS. The smallest absolute Gasteiger partial charge is 0.360 e. The number of benzene rings is 1. The molecule has 160 valence electrons. The van der Waals surface area contributed by atoms with Crippen LogP contribution in [0, 0.1) is 17.0 Å². The second-order valence-electron chi connectivity index (χ2n) is 7.93. The molecule has 0 radical (unpaired) electrons. The van der Waals surface area contributed by atoms with Crippen molar-refractivity contribution >= 4 is 28.7 Å². The van der Waals surface area contributed by atoms with E-state index in [-0.39, 0.29) is 0 Å². The van der Waals surface area contributed by atoms with Crippen LogP contribution in [-0.2, 0) is 23.9 Å². The van der Waals surface area contributed by atoms with Crippen molar-refractivity contribution in [1.29, 1.82) is 0 Å². The lowest BCUT2D eigenvalue weighted by atomic mass is 10.1. The molecule has 2 N–H and O–H groups in total. The lowest BCUT2D eigenvalue weighted by Gasteiger charge is -2.25. The van der Waals surface area contributed by atoms with Gasteiger partial charge >= 0.3 is 17.7 Å². The molecule has 0 spiro atoms. The number of nitro benzene ring substituents is 1. The molecule has 0 amide bonds. The summed E-state index contributed by atoms with van der Waals surface area (Å²) in [6.07, 6.45) is 0. The summed E-state index contributed by atoms with van der Waals surface area (Å²) >= 11 is 0. The van der Waals surface area contributed by atoms with Crippen LogP contribution in [0.15, 0.2) is 11.0 Å². The van der Waals surface area contributed by atoms with Gasteiger partial charge in [-0.15, -0.1) is 4.33 Å². The Labute approximate surface area is 163 Å². The van der Waals surface area contributed by atoms with Crippen molar-refractivity contribution in [2.75, 3.05) is 0 Å². The molecular weight excluding hydrogens is 417 g/mol. The summed E-state index contributed by atoms with van der Waals surface area (Å²) < 4.78 is 46.9. The van der Waals surface area contributed by atoms with Crippen LogP contribution in [0.1, 0.15) is 47.1 Å². The quantitative estimate of drug-likeness (QED) is 0.290. The van der Waals surface area contributed by atoms with Gasteiger partial charge in [0.2, 0.25) is 0 Å². The van der Waals surface area contributed by atoms with E-state index in [1.807, 2.05) is 0 Å². The van der Waals surface area contributed by atoms with Gasteiger partial charge in [-0.25, -0.2) is 4.89 Å². The molecule has 28 heavy (non-hydrogen) atoms. The minimum Gasteiger partial charge on any atom is -0.487 e. The number of hydrogen-bond donors (Lipinski definition) is 2. The lowest BCUT2D eigenvalue weighted by Crippen LogP contribution is -2.28. The van der Waals surface area contributed by atoms with E-state index in [4.69, 9.17) is 9.62 Å². The Morgan fingerprint density at radius 3 is 1.96 bits per heavy atom. The van der Waals surface area contributed by atoms with Crippen LogP contribution in [0.5, 0.6) is 5.75 Å². The Hall–Kier alpha value is -1.56. The van der Waals surface area contributed by atoms with Crippen molar-refractivity contribution in [1.82, 2.24) is 0 Å². The maximum absolute atomic E-state index is 12.5. The largest absolute Gasteiger partial charge is 0.487 e. The number of rotatable bonds is 6. The first-order valence-corrected chi connectivity index (χ1v) is 11.0. The molecule has 1 aromatic rings. The van der Waals surface area contributed by atoms with E-state index in [2.05, 4.69) is 4.33 Å². The van der Waals surface area contributed by atoms with Crippen molar-refractivity contribution in [2.24, 2.45) is 0 Å². The van der Waals surface area contributed by atoms with Gasteiger partial charge in [0.05, 0.1) is 10.5 Å². The maximum atomic E-state index is 12.5. The van der Waals surface area contributed by atoms with E-state index >= 15 is 0 Å². The zero-order valence-corrected chi connectivity index (χ0v) is 18.3. The summed E-state index contributed by atoms with van der Waals surface area (Å²) in [4.78, 5) is 33.6. The van der Waals surface area contributed by atoms with Crippen molar-refractivity contribution in [2.45, 2.75) is 64.6 Å². The second-order valence-corrected chi connectivity index (χ2v) is 10.9. The van der Waals surface area contributed by atoms with Gasteiger partial charge in [0.1, 0.15) is 16.7 Å². The molecule has 11 nitrogen and oxygen atoms in total. The SMILES string of the molecule is Cc1c([N+](=O)[O-])c(S(=O)(=O)OOC(C)(C)C)cc(OC(C)(C)C)c1P(=O)(O)O. The average molecular weight is 441 g/mol. The van der Waals surface area contributed by atoms with Crippen LogP contribution >= 0.6 is 7.60 Å². The predicted octanol–water partition coefficient (Wildman–Crippen LogP) is 2.32. The van der Waals surface area contributed by atoms with E-state index < -0.39 is 61.0 Å². The summed E-state index contributed by atoms with van der Waals surface area (Å²) in [6, 6.07) is 0.659. The van der Waals surface area contributed by atoms with Gasteiger partial charge in [-0.1, -0.05) is 0 Å². The van der Waals surface area contributed by atoms with Crippen LogP contribution in [0.3, 0.4) is 0 Å². The van der Waals surface area contributed by atoms with Gasteiger partial charge < -0.3 is 14.5 Å². The van der Waals surface area contributed by atoms with Gasteiger partial charge in [-0.3, -0.25) is 14.7 Å². The third-order valence-corrected chi connectivity index (χ3v) is 5.21. The Kier molecular flexibility index (Phi) is 6.73. The average Bonchev–Trinajstić information content (AvgIpc) is 2.40. The zero-order chi connectivity index (χ0) is 22.3. The molecule has 13 heteroatoms. The van der Waals surface area contributed by atoms with E-state index in [1.54, 1.807) is 20.8 Å². The number of nitro groups is 1. The van der Waals surface area contributed by atoms with Gasteiger partial charge in [-0.2, -0.15) is 8.42 Å². The highest BCUT2D eigenvalue weighted by atomic mass is 32.2. The highest BCUT2D eigenvalue weighted by molar-refractivity contribution is 7.86. The van der Waals surface area contributed by atoms with E-state index in [9.17, 15) is 32.9 Å². The Morgan fingerprint density at radius 1 is 1.11 bits per heavy atom. The molecule has 0 aromatic heterocycles. The maximum Gasteiger partial charge on any atom is 0.360 e. The first-order chi connectivity index (χ1) is 12.3. The van der Waals surface area contributed by atoms with E-state index in [0.29, 0.717) is 6.07 Å². The van der Waals surface area contributed by atoms with Gasteiger partial charge in [-0.05, 0) is 48.5 Å². The third-order valence-electron chi connectivity index (χ3n) is 2.97. The molecule has 1 rings (SSSR count). The Morgan fingerprint density at radius 2 is 1.61 bits per heavy atom. The van der Waals surface area contributed by atoms with Gasteiger partial charge in [0.15, 0.2) is 4.90 Å². The molecule has 0 aliphatic heterocycles. The Bertz CT molecular complexity index is 922. The standard InChI is InChI=1S/C15H24NO10PS/c1-9-12(16(17)18)11(28(22,23)26-25-15(5,6)7)8-10(24-14(2,3)4)13(9)27(19,20)21/h8H,1-7H3,(H2,19,20,21). The highest BCUT2D eigenvalue weighted by Gasteiger charge is 2.39. The summed E-state index contributed by atoms with van der Waals surface area (Å²) in [7, 11) is -9.89. The van der Waals surface area contributed by atoms with Crippen molar-refractivity contribution < 1.29 is 41.7 Å². The molecule has 0 unspecified atom stereocenters. The van der Waals surface area contributed by atoms with Crippen LogP contribution in [0.25, 0.3) is 0 Å². The monoisotopic (exact) mass is 441 g/mol. The predicted molar refractivity (Wildman–Crippen MR) is 99.0 cm³/mol. The minimum atomic E-state index is -5.06. The van der Waals surface area contributed by atoms with Crippen LogP contribution in [-0.4, -0.2) is 34.3 Å². The van der Waals surface area contributed by atoms with Crippen molar-refractivity contribution in [3.05, 3.63) is 21.7 Å². The second kappa shape index (κ2) is 7.69. The Balaban J connectivity index is 3.87. The summed E-state index contributed by atoms with van der Waals surface area (Å²) in [6.45, 7) is 10.2. The molecule has 0 bridgehead atoms. The van der Waals surface area contributed by atoms with Gasteiger partial charge in [0.25, 0.3) is 5.69 Å². The van der Waals surface area contributed by atoms with E-state index in [1.165, 1.54) is 20.8 Å². The molecule has 0 aliphatic rings. The number of hydrogen-bond acceptors (Lipinski definition) is 8. The fourth-order valence-electron chi connectivity index (χ4n) is 2.11. The first-order valence-electron chi connectivity index (χ1n) is 7.96. The fraction of sp³-hybridized carbons (Fsp3) is 0.600. The molecule has 0 saturated heterocycles. The van der Waals surface area contributed by atoms with Gasteiger partial charge in [0, 0.05) is 11.6 Å². The molecule has 0 heterocycles. The van der Waals surface area contributed by atoms with Crippen LogP contribution in [0.2, 0.25) is 0 Å². The number of nitrogens with zero attached hydrogens (tertiary/aromatic N) is 1. The molecule has 0 atom stereocenters. The third kappa shape index (κ3) is 6.23. The topological polar surface area (TPSA) is 162 Å². The van der Waals surface area contributed by atoms with Crippen molar-refractivity contribution in [3.63, 3.8) is 0 Å². The molecule has 0 saturated carbocycles. The summed E-state index contributed by atoms with van der Waals surface area (Å²) in [5.41, 5.74) is -3.64. The molecule has 0 fully saturated rings. The lowest BCUT2D eigenvalue weighted by molar-refractivity contribution is -0.388. The van der Waals surface area contributed by atoms with E-state index in [0.717, 1.165) is 6.92 Å². The van der Waals surface area contributed by atoms with Crippen LogP contribution < -0.4 is 10.0 Å². The highest BCUT2D eigenvalue weighted by Crippen LogP contribution is 2.44. The molecule has 1 aromatic carbocycles. The molecule has 0 aliphatic carbocycles. The fourth-order valence-corrected chi connectivity index (χ4v) is 4.13. The first kappa shape index (κ1) is 24.5. The summed E-state index contributed by atoms with van der Waals surface area (Å²) in [5, 5.41) is 10.7. The van der Waals surface area contributed by atoms with Crippen LogP contribution in [0.4, 0.5) is 5.69 Å². The number of ether oxygens (including phenoxy) is 1. The minimum absolute atomic E-state index is 0.512. The van der Waals surface area contributed by atoms with Crippen molar-refractivity contribution in [3.8, 4) is 5.75 Å².